The first-order valence-corrected chi connectivity index (χ1v) is 4.58. The molecule has 0 saturated heterocycles. The molecule has 0 aromatic heterocycles. The zero-order chi connectivity index (χ0) is 10.6. The number of carbonyl (C=O) groups is 1. The number of hydrogen-bond donors (Lipinski definition) is 4. The van der Waals surface area contributed by atoms with E-state index in [9.17, 15) is 9.36 Å². The summed E-state index contributed by atoms with van der Waals surface area (Å²) in [4.78, 5) is 28.0. The van der Waals surface area contributed by atoms with E-state index in [0.717, 1.165) is 4.90 Å². The van der Waals surface area contributed by atoms with E-state index in [1.165, 1.54) is 7.05 Å². The zero-order valence-corrected chi connectivity index (χ0v) is 7.69. The fourth-order valence-corrected chi connectivity index (χ4v) is 0.763. The Kier molecular flexibility index (Phi) is 8.36. The molecule has 0 bridgehead atoms. The molecule has 0 saturated carbocycles. The number of guanidine groups is 1. The SMILES string of the molecule is CN(CC(=O)OP(=O)(O)O)C(=N)N.[KH]. The number of hydrogen-bond acceptors (Lipinski definition) is 4. The number of carbonyl (C=O) groups excluding carboxylic acids is 1. The number of phosphoric acid groups is 1. The molecule has 0 aliphatic heterocycles. The molecule has 0 rings (SSSR count). The van der Waals surface area contributed by atoms with Gasteiger partial charge in [0.1, 0.15) is 6.54 Å². The van der Waals surface area contributed by atoms with E-state index in [2.05, 4.69) is 4.52 Å². The van der Waals surface area contributed by atoms with Gasteiger partial charge in [0.2, 0.25) is 0 Å². The van der Waals surface area contributed by atoms with Gasteiger partial charge in [-0.15, -0.1) is 0 Å². The van der Waals surface area contributed by atoms with E-state index in [4.69, 9.17) is 20.9 Å². The molecule has 0 heterocycles. The third kappa shape index (κ3) is 9.10. The fraction of sp³-hybridized carbons (Fsp3) is 0.500. The summed E-state index contributed by atoms with van der Waals surface area (Å²) >= 11 is 0. The Balaban J connectivity index is 0. The average molecular weight is 251 g/mol. The van der Waals surface area contributed by atoms with Crippen LogP contribution >= 0.6 is 7.82 Å². The Morgan fingerprint density at radius 2 is 2.07 bits per heavy atom. The zero-order valence-electron chi connectivity index (χ0n) is 6.80. The maximum atomic E-state index is 10.7. The van der Waals surface area contributed by atoms with Crippen molar-refractivity contribution in [1.82, 2.24) is 4.90 Å². The second-order valence-corrected chi connectivity index (χ2v) is 3.36. The van der Waals surface area contributed by atoms with E-state index < -0.39 is 26.3 Å². The molecule has 0 atom stereocenters. The third-order valence-electron chi connectivity index (χ3n) is 0.998. The van der Waals surface area contributed by atoms with E-state index in [1.54, 1.807) is 0 Å². The van der Waals surface area contributed by atoms with Gasteiger partial charge >= 0.3 is 65.2 Å². The van der Waals surface area contributed by atoms with Gasteiger partial charge in [-0.05, 0) is 0 Å². The molecule has 8 nitrogen and oxygen atoms in total. The number of nitrogens with two attached hydrogens (primary N) is 1. The topological polar surface area (TPSA) is 137 Å². The van der Waals surface area contributed by atoms with E-state index in [-0.39, 0.29) is 51.4 Å². The van der Waals surface area contributed by atoms with Gasteiger partial charge in [0, 0.05) is 7.05 Å². The summed E-state index contributed by atoms with van der Waals surface area (Å²) < 4.78 is 13.8. The third-order valence-corrected chi connectivity index (χ3v) is 1.44. The normalized spacial score (nSPS) is 9.93. The van der Waals surface area contributed by atoms with Crippen molar-refractivity contribution in [2.45, 2.75) is 0 Å². The van der Waals surface area contributed by atoms with E-state index in [0.29, 0.717) is 0 Å². The van der Waals surface area contributed by atoms with Crippen LogP contribution in [-0.2, 0) is 13.9 Å². The Morgan fingerprint density at radius 1 is 1.64 bits per heavy atom. The average Bonchev–Trinajstić information content (AvgIpc) is 1.81. The summed E-state index contributed by atoms with van der Waals surface area (Å²) in [6.07, 6.45) is 0. The molecule has 0 spiro atoms. The van der Waals surface area contributed by atoms with Crippen LogP contribution in [0.3, 0.4) is 0 Å². The Hall–Kier alpha value is 0.526. The Morgan fingerprint density at radius 3 is 2.36 bits per heavy atom. The van der Waals surface area contributed by atoms with Crippen molar-refractivity contribution in [2.24, 2.45) is 5.73 Å². The number of nitrogens with zero attached hydrogens (tertiary/aromatic N) is 1. The molecule has 0 aliphatic carbocycles. The van der Waals surface area contributed by atoms with Crippen LogP contribution in [0.25, 0.3) is 0 Å². The Bertz CT molecular complexity index is 266. The van der Waals surface area contributed by atoms with E-state index >= 15 is 0 Å². The van der Waals surface area contributed by atoms with Crippen LogP contribution in [0.1, 0.15) is 0 Å². The van der Waals surface area contributed by atoms with Crippen molar-refractivity contribution in [2.75, 3.05) is 13.6 Å². The molecule has 0 aromatic rings. The summed E-state index contributed by atoms with van der Waals surface area (Å²) in [6, 6.07) is 0. The van der Waals surface area contributed by atoms with Gasteiger partial charge in [-0.25, -0.2) is 9.36 Å². The molecular weight excluding hydrogens is 240 g/mol. The summed E-state index contributed by atoms with van der Waals surface area (Å²) in [5.41, 5.74) is 4.96. The quantitative estimate of drug-likeness (QED) is 0.193. The van der Waals surface area contributed by atoms with Crippen LogP contribution in [0.15, 0.2) is 0 Å². The molecule has 0 amide bonds. The molecule has 0 fully saturated rings. The summed E-state index contributed by atoms with van der Waals surface area (Å²) in [7, 11) is -3.49. The van der Waals surface area contributed by atoms with Gasteiger partial charge < -0.3 is 15.2 Å². The predicted octanol–water partition coefficient (Wildman–Crippen LogP) is -2.20. The van der Waals surface area contributed by atoms with Gasteiger partial charge in [-0.3, -0.25) is 15.2 Å². The molecule has 0 aromatic carbocycles. The van der Waals surface area contributed by atoms with Crippen molar-refractivity contribution < 1.29 is 23.7 Å². The van der Waals surface area contributed by atoms with Crippen molar-refractivity contribution in [3.05, 3.63) is 0 Å². The number of rotatable bonds is 3. The molecular formula is C4H11KN3O5P. The Labute approximate surface area is 123 Å². The number of nitrogens with one attached hydrogen (secondary N) is 1. The first-order chi connectivity index (χ1) is 5.72. The maximum absolute atomic E-state index is 10.7. The van der Waals surface area contributed by atoms with Crippen molar-refractivity contribution in [3.8, 4) is 0 Å². The monoisotopic (exact) mass is 251 g/mol. The number of likely N-dealkylation sites (N-methyl/N-ethyl adjacent to an activating group) is 1. The van der Waals surface area contributed by atoms with Crippen LogP contribution in [0.4, 0.5) is 0 Å². The molecule has 0 aliphatic rings. The van der Waals surface area contributed by atoms with Crippen LogP contribution in [-0.4, -0.2) is 91.6 Å². The summed E-state index contributed by atoms with van der Waals surface area (Å²) in [5, 5.41) is 6.83. The standard InChI is InChI=1S/C4H10N3O5P.K.H/c1-7(4(5)6)2-3(8)12-13(9,10)11;;/h2H2,1H3,(H3,5,6)(H2,9,10,11);;. The van der Waals surface area contributed by atoms with E-state index in [1.807, 2.05) is 0 Å². The van der Waals surface area contributed by atoms with Gasteiger partial charge in [0.05, 0.1) is 0 Å². The first-order valence-electron chi connectivity index (χ1n) is 3.05. The van der Waals surface area contributed by atoms with Crippen molar-refractivity contribution in [3.63, 3.8) is 0 Å². The molecule has 10 heteroatoms. The number of phosphoric ester groups is 1. The van der Waals surface area contributed by atoms with Gasteiger partial charge in [-0.2, -0.15) is 0 Å². The molecule has 78 valence electrons. The summed E-state index contributed by atoms with van der Waals surface area (Å²) in [6.45, 7) is -0.486. The van der Waals surface area contributed by atoms with Crippen LogP contribution in [0.5, 0.6) is 0 Å². The molecule has 0 unspecified atom stereocenters. The second kappa shape index (κ2) is 6.91. The molecule has 0 radical (unpaired) electrons. The minimum absolute atomic E-state index is 0. The fourth-order valence-electron chi connectivity index (χ4n) is 0.440. The van der Waals surface area contributed by atoms with Crippen LogP contribution in [0, 0.1) is 5.41 Å². The van der Waals surface area contributed by atoms with Gasteiger partial charge in [0.15, 0.2) is 5.96 Å². The van der Waals surface area contributed by atoms with Crippen molar-refractivity contribution in [1.29, 1.82) is 5.41 Å². The summed E-state index contributed by atoms with van der Waals surface area (Å²) in [5.74, 6) is -1.55. The minimum atomic E-state index is -4.80. The van der Waals surface area contributed by atoms with Crippen LogP contribution < -0.4 is 5.73 Å². The molecule has 5 N–H and O–H groups in total. The predicted molar refractivity (Wildman–Crippen MR) is 49.8 cm³/mol. The first kappa shape index (κ1) is 16.9. The molecule has 14 heavy (non-hydrogen) atoms. The second-order valence-electron chi connectivity index (χ2n) is 2.20. The van der Waals surface area contributed by atoms with Gasteiger partial charge in [-0.1, -0.05) is 0 Å². The van der Waals surface area contributed by atoms with Crippen molar-refractivity contribution >= 4 is 71.1 Å². The van der Waals surface area contributed by atoms with Gasteiger partial charge in [0.25, 0.3) is 0 Å². The van der Waals surface area contributed by atoms with Crippen LogP contribution in [0.2, 0.25) is 0 Å².